The van der Waals surface area contributed by atoms with E-state index in [2.05, 4.69) is 289 Å². The van der Waals surface area contributed by atoms with Gasteiger partial charge in [0.25, 0.3) is 0 Å². The van der Waals surface area contributed by atoms with E-state index < -0.39 is 5.41 Å². The fourth-order valence-electron chi connectivity index (χ4n) is 11.3. The molecular weight excluding hydrogens is 833 g/mol. The van der Waals surface area contributed by atoms with Crippen LogP contribution in [0.15, 0.2) is 279 Å². The first-order chi connectivity index (χ1) is 34.3. The van der Waals surface area contributed by atoms with Crippen LogP contribution in [0.1, 0.15) is 22.3 Å². The number of anilines is 6. The van der Waals surface area contributed by atoms with E-state index >= 15 is 0 Å². The van der Waals surface area contributed by atoms with Gasteiger partial charge in [0.05, 0.1) is 16.8 Å². The Bertz CT molecular complexity index is 3590. The summed E-state index contributed by atoms with van der Waals surface area (Å²) in [6, 6.07) is 103. The molecule has 0 saturated carbocycles. The van der Waals surface area contributed by atoms with Crippen molar-refractivity contribution in [1.82, 2.24) is 0 Å². The van der Waals surface area contributed by atoms with Crippen LogP contribution in [0.2, 0.25) is 0 Å². The lowest BCUT2D eigenvalue weighted by atomic mass is 9.70. The van der Waals surface area contributed by atoms with Crippen molar-refractivity contribution in [3.05, 3.63) is 301 Å². The van der Waals surface area contributed by atoms with E-state index in [-0.39, 0.29) is 0 Å². The van der Waals surface area contributed by atoms with Crippen molar-refractivity contribution in [2.45, 2.75) is 5.41 Å². The molecule has 0 aliphatic heterocycles. The molecule has 0 bridgehead atoms. The van der Waals surface area contributed by atoms with Gasteiger partial charge in [0.2, 0.25) is 0 Å². The molecular formula is C67H46N2. The number of fused-ring (bicyclic) bond motifs is 10. The van der Waals surface area contributed by atoms with Crippen LogP contribution >= 0.6 is 0 Å². The lowest BCUT2D eigenvalue weighted by Crippen LogP contribution is -2.27. The molecule has 0 amide bonds. The van der Waals surface area contributed by atoms with E-state index in [1.165, 1.54) is 72.3 Å². The zero-order valence-corrected chi connectivity index (χ0v) is 38.0. The van der Waals surface area contributed by atoms with Crippen LogP contribution < -0.4 is 9.80 Å². The monoisotopic (exact) mass is 878 g/mol. The minimum absolute atomic E-state index is 0.654. The topological polar surface area (TPSA) is 6.48 Å². The Morgan fingerprint density at radius 1 is 0.203 bits per heavy atom. The molecule has 0 heterocycles. The van der Waals surface area contributed by atoms with Crippen molar-refractivity contribution in [2.75, 3.05) is 9.80 Å². The highest BCUT2D eigenvalue weighted by Crippen LogP contribution is 2.65. The minimum Gasteiger partial charge on any atom is -0.310 e. The van der Waals surface area contributed by atoms with Gasteiger partial charge in [0.1, 0.15) is 0 Å². The first kappa shape index (κ1) is 40.3. The molecule has 11 aromatic carbocycles. The molecule has 11 aromatic rings. The number of hydrogen-bond acceptors (Lipinski definition) is 2. The second-order valence-corrected chi connectivity index (χ2v) is 18.0. The van der Waals surface area contributed by atoms with Crippen LogP contribution in [0.3, 0.4) is 0 Å². The van der Waals surface area contributed by atoms with E-state index in [0.29, 0.717) is 0 Å². The fraction of sp³-hybridized carbons (Fsp3) is 0.0149. The van der Waals surface area contributed by atoms with Crippen LogP contribution in [0.25, 0.3) is 55.6 Å². The van der Waals surface area contributed by atoms with E-state index in [1.54, 1.807) is 0 Å². The standard InChI is InChI=1S/C67H46N2/c1-7-24-47(25-8-1)50-30-23-37-54(42-50)69(53-35-17-6-18-36-53)66-46-64-60(44-58(66)49-28-11-3-12-29-49)56-39-20-22-41-62(56)67(64)61-40-21-19-38-55(61)59-43-57(48-26-9-2-10-27-48)65(45-63(59)67)68(51-31-13-4-14-32-51)52-33-15-5-16-34-52/h1-46H. The van der Waals surface area contributed by atoms with Crippen molar-refractivity contribution in [3.63, 3.8) is 0 Å². The predicted octanol–water partition coefficient (Wildman–Crippen LogP) is 18.0. The van der Waals surface area contributed by atoms with Crippen molar-refractivity contribution in [3.8, 4) is 55.6 Å². The van der Waals surface area contributed by atoms with Crippen LogP contribution in [-0.4, -0.2) is 0 Å². The maximum absolute atomic E-state index is 2.54. The molecule has 0 aromatic heterocycles. The highest BCUT2D eigenvalue weighted by atomic mass is 15.2. The van der Waals surface area contributed by atoms with Crippen molar-refractivity contribution in [2.24, 2.45) is 0 Å². The Balaban J connectivity index is 1.15. The molecule has 1 unspecified atom stereocenters. The fourth-order valence-corrected chi connectivity index (χ4v) is 11.3. The molecule has 2 heteroatoms. The Labute approximate surface area is 404 Å². The molecule has 69 heavy (non-hydrogen) atoms. The second kappa shape index (κ2) is 16.7. The molecule has 1 spiro atoms. The number of para-hydroxylation sites is 3. The minimum atomic E-state index is -0.654. The van der Waals surface area contributed by atoms with Crippen LogP contribution in [0.5, 0.6) is 0 Å². The smallest absolute Gasteiger partial charge is 0.0727 e. The van der Waals surface area contributed by atoms with Crippen molar-refractivity contribution in [1.29, 1.82) is 0 Å². The summed E-state index contributed by atoms with van der Waals surface area (Å²) in [5.74, 6) is 0. The lowest BCUT2D eigenvalue weighted by molar-refractivity contribution is 0.793. The Morgan fingerprint density at radius 2 is 0.536 bits per heavy atom. The van der Waals surface area contributed by atoms with Gasteiger partial charge >= 0.3 is 0 Å². The number of rotatable bonds is 9. The number of nitrogens with zero attached hydrogens (tertiary/aromatic N) is 2. The van der Waals surface area contributed by atoms with Crippen LogP contribution in [-0.2, 0) is 5.41 Å². The summed E-state index contributed by atoms with van der Waals surface area (Å²) in [5.41, 5.74) is 23.2. The first-order valence-electron chi connectivity index (χ1n) is 23.8. The zero-order valence-electron chi connectivity index (χ0n) is 38.0. The Kier molecular flexibility index (Phi) is 9.77. The van der Waals surface area contributed by atoms with E-state index in [0.717, 1.165) is 39.7 Å². The molecule has 0 saturated heterocycles. The largest absolute Gasteiger partial charge is 0.310 e. The normalized spacial score (nSPS) is 13.9. The molecule has 2 nitrogen and oxygen atoms in total. The summed E-state index contributed by atoms with van der Waals surface area (Å²) in [7, 11) is 0. The van der Waals surface area contributed by atoms with Gasteiger partial charge in [0.15, 0.2) is 0 Å². The highest BCUT2D eigenvalue weighted by Gasteiger charge is 2.52. The van der Waals surface area contributed by atoms with Gasteiger partial charge in [-0.3, -0.25) is 0 Å². The maximum atomic E-state index is 2.54. The van der Waals surface area contributed by atoms with Gasteiger partial charge in [-0.25, -0.2) is 0 Å². The lowest BCUT2D eigenvalue weighted by Gasteiger charge is -2.35. The average Bonchev–Trinajstić information content (AvgIpc) is 3.88. The third kappa shape index (κ3) is 6.56. The molecule has 13 rings (SSSR count). The summed E-state index contributed by atoms with van der Waals surface area (Å²) in [4.78, 5) is 4.92. The third-order valence-electron chi connectivity index (χ3n) is 14.2. The summed E-state index contributed by atoms with van der Waals surface area (Å²) >= 11 is 0. The number of hydrogen-bond donors (Lipinski definition) is 0. The second-order valence-electron chi connectivity index (χ2n) is 18.0. The van der Waals surface area contributed by atoms with E-state index in [4.69, 9.17) is 0 Å². The third-order valence-corrected chi connectivity index (χ3v) is 14.2. The quantitative estimate of drug-likeness (QED) is 0.143. The van der Waals surface area contributed by atoms with Crippen LogP contribution in [0, 0.1) is 0 Å². The molecule has 324 valence electrons. The molecule has 0 fully saturated rings. The SMILES string of the molecule is c1ccc(-c2cccc(N(c3ccccc3)c3cc4c(cc3-c3ccccc3)-c3ccccc3C43c4ccccc4-c4cc(-c5ccccc5)c(N(c5ccccc5)c5ccccc5)cc43)c2)cc1. The van der Waals surface area contributed by atoms with Gasteiger partial charge in [-0.05, 0) is 140 Å². The van der Waals surface area contributed by atoms with E-state index in [9.17, 15) is 0 Å². The molecule has 1 atom stereocenters. The van der Waals surface area contributed by atoms with Gasteiger partial charge in [-0.2, -0.15) is 0 Å². The molecule has 0 N–H and O–H groups in total. The highest BCUT2D eigenvalue weighted by molar-refractivity contribution is 6.03. The predicted molar refractivity (Wildman–Crippen MR) is 288 cm³/mol. The maximum Gasteiger partial charge on any atom is 0.0727 e. The van der Waals surface area contributed by atoms with Crippen LogP contribution in [0.4, 0.5) is 34.1 Å². The number of benzene rings is 11. The van der Waals surface area contributed by atoms with Gasteiger partial charge in [-0.15, -0.1) is 0 Å². The van der Waals surface area contributed by atoms with Gasteiger partial charge in [-0.1, -0.05) is 206 Å². The van der Waals surface area contributed by atoms with Crippen molar-refractivity contribution >= 4 is 34.1 Å². The molecule has 0 radical (unpaired) electrons. The molecule has 2 aliphatic carbocycles. The Morgan fingerprint density at radius 3 is 0.971 bits per heavy atom. The van der Waals surface area contributed by atoms with Gasteiger partial charge in [0, 0.05) is 33.9 Å². The Hall–Kier alpha value is -8.98. The summed E-state index contributed by atoms with van der Waals surface area (Å²) < 4.78 is 0. The van der Waals surface area contributed by atoms with Crippen molar-refractivity contribution < 1.29 is 0 Å². The van der Waals surface area contributed by atoms with Gasteiger partial charge < -0.3 is 9.80 Å². The molecule has 2 aliphatic rings. The average molecular weight is 879 g/mol. The summed E-state index contributed by atoms with van der Waals surface area (Å²) in [6.45, 7) is 0. The summed E-state index contributed by atoms with van der Waals surface area (Å²) in [5, 5.41) is 0. The zero-order chi connectivity index (χ0) is 45.7. The first-order valence-corrected chi connectivity index (χ1v) is 23.8. The van der Waals surface area contributed by atoms with E-state index in [1.807, 2.05) is 0 Å². The summed E-state index contributed by atoms with van der Waals surface area (Å²) in [6.07, 6.45) is 0.